The summed E-state index contributed by atoms with van der Waals surface area (Å²) in [5, 5.41) is 4.99. The van der Waals surface area contributed by atoms with Crippen LogP contribution in [0.4, 0.5) is 5.13 Å². The first-order valence-electron chi connectivity index (χ1n) is 9.30. The molecule has 0 bridgehead atoms. The second-order valence-electron chi connectivity index (χ2n) is 6.83. The number of aromatic nitrogens is 2. The Kier molecular flexibility index (Phi) is 4.81. The predicted molar refractivity (Wildman–Crippen MR) is 117 cm³/mol. The molecule has 0 spiro atoms. The molecule has 1 fully saturated rings. The van der Waals surface area contributed by atoms with Crippen molar-refractivity contribution in [1.82, 2.24) is 15.0 Å². The normalized spacial score (nSPS) is 14.5. The molecule has 146 valence electrons. The molecule has 29 heavy (non-hydrogen) atoms. The van der Waals surface area contributed by atoms with Crippen molar-refractivity contribution in [3.05, 3.63) is 64.8 Å². The number of piperazine rings is 1. The highest BCUT2D eigenvalue weighted by Crippen LogP contribution is 2.31. The van der Waals surface area contributed by atoms with Crippen LogP contribution < -0.4 is 4.90 Å². The van der Waals surface area contributed by atoms with Crippen molar-refractivity contribution in [2.45, 2.75) is 0 Å². The van der Waals surface area contributed by atoms with Crippen LogP contribution in [0.1, 0.15) is 10.5 Å². The van der Waals surface area contributed by atoms with Crippen molar-refractivity contribution in [3.8, 4) is 11.3 Å². The molecule has 4 aromatic rings. The minimum atomic E-state index is -0.0937. The maximum absolute atomic E-state index is 12.8. The van der Waals surface area contributed by atoms with Crippen molar-refractivity contribution in [1.29, 1.82) is 0 Å². The van der Waals surface area contributed by atoms with Gasteiger partial charge in [-0.1, -0.05) is 62.8 Å². The van der Waals surface area contributed by atoms with Crippen LogP contribution in [0.25, 0.3) is 21.5 Å². The molecular weight excluding hydrogens is 452 g/mol. The largest absolute Gasteiger partial charge is 0.355 e. The fourth-order valence-electron chi connectivity index (χ4n) is 3.40. The molecule has 2 aromatic heterocycles. The first-order chi connectivity index (χ1) is 14.2. The molecule has 5 rings (SSSR count). The molecule has 1 saturated heterocycles. The van der Waals surface area contributed by atoms with Crippen molar-refractivity contribution < 1.29 is 9.32 Å². The zero-order chi connectivity index (χ0) is 19.8. The zero-order valence-electron chi connectivity index (χ0n) is 15.4. The highest BCUT2D eigenvalue weighted by molar-refractivity contribution is 9.10. The standard InChI is InChI=1S/C21H17BrN4O2S/c22-15-6-7-16-19(12-15)29-21(23-16)26-10-8-25(9-11-26)20(27)17-13-18(28-24-17)14-4-2-1-3-5-14/h1-7,12-13H,8-11H2. The van der Waals surface area contributed by atoms with Gasteiger partial charge in [0.25, 0.3) is 5.91 Å². The lowest BCUT2D eigenvalue weighted by Gasteiger charge is -2.34. The summed E-state index contributed by atoms with van der Waals surface area (Å²) in [6.45, 7) is 2.75. The Morgan fingerprint density at radius 1 is 1.03 bits per heavy atom. The molecule has 2 aromatic carbocycles. The molecule has 0 radical (unpaired) electrons. The Labute approximate surface area is 179 Å². The van der Waals surface area contributed by atoms with E-state index in [1.54, 1.807) is 17.4 Å². The van der Waals surface area contributed by atoms with Crippen LogP contribution in [0, 0.1) is 0 Å². The van der Waals surface area contributed by atoms with Crippen LogP contribution in [0.15, 0.2) is 63.6 Å². The van der Waals surface area contributed by atoms with Gasteiger partial charge in [0.05, 0.1) is 10.2 Å². The van der Waals surface area contributed by atoms with E-state index in [2.05, 4.69) is 32.1 Å². The molecule has 1 amide bonds. The van der Waals surface area contributed by atoms with Crippen LogP contribution in [0.3, 0.4) is 0 Å². The van der Waals surface area contributed by atoms with Crippen LogP contribution >= 0.6 is 27.3 Å². The van der Waals surface area contributed by atoms with Crippen molar-refractivity contribution in [2.24, 2.45) is 0 Å². The second-order valence-corrected chi connectivity index (χ2v) is 8.75. The fourth-order valence-corrected chi connectivity index (χ4v) is 4.97. The molecule has 6 nitrogen and oxygen atoms in total. The molecule has 8 heteroatoms. The third-order valence-corrected chi connectivity index (χ3v) is 6.54. The monoisotopic (exact) mass is 468 g/mol. The first kappa shape index (κ1) is 18.3. The summed E-state index contributed by atoms with van der Waals surface area (Å²) in [6.07, 6.45) is 0. The number of amides is 1. The summed E-state index contributed by atoms with van der Waals surface area (Å²) in [7, 11) is 0. The van der Waals surface area contributed by atoms with Crippen LogP contribution in [0.5, 0.6) is 0 Å². The Morgan fingerprint density at radius 2 is 1.83 bits per heavy atom. The minimum absolute atomic E-state index is 0.0937. The number of thiazole rings is 1. The van der Waals surface area contributed by atoms with Crippen molar-refractivity contribution in [3.63, 3.8) is 0 Å². The first-order valence-corrected chi connectivity index (χ1v) is 10.9. The van der Waals surface area contributed by atoms with Gasteiger partial charge < -0.3 is 14.3 Å². The number of nitrogens with zero attached hydrogens (tertiary/aromatic N) is 4. The molecule has 0 atom stereocenters. The van der Waals surface area contributed by atoms with E-state index >= 15 is 0 Å². The molecule has 1 aliphatic heterocycles. The van der Waals surface area contributed by atoms with Crippen molar-refractivity contribution in [2.75, 3.05) is 31.1 Å². The molecule has 0 aliphatic carbocycles. The van der Waals surface area contributed by atoms with Gasteiger partial charge in [-0.05, 0) is 18.2 Å². The topological polar surface area (TPSA) is 62.5 Å². The van der Waals surface area contributed by atoms with E-state index in [0.29, 0.717) is 24.5 Å². The predicted octanol–water partition coefficient (Wildman–Crippen LogP) is 4.68. The molecule has 1 aliphatic rings. The van der Waals surface area contributed by atoms with E-state index in [1.165, 1.54) is 0 Å². The Bertz CT molecular complexity index is 1170. The number of halogens is 1. The van der Waals surface area contributed by atoms with Gasteiger partial charge in [0.1, 0.15) is 0 Å². The van der Waals surface area contributed by atoms with Crippen LogP contribution in [0.2, 0.25) is 0 Å². The van der Waals surface area contributed by atoms with E-state index in [9.17, 15) is 4.79 Å². The van der Waals surface area contributed by atoms with E-state index in [1.807, 2.05) is 47.4 Å². The van der Waals surface area contributed by atoms with Gasteiger partial charge in [-0.25, -0.2) is 4.98 Å². The van der Waals surface area contributed by atoms with Gasteiger partial charge in [-0.3, -0.25) is 4.79 Å². The summed E-state index contributed by atoms with van der Waals surface area (Å²) in [4.78, 5) is 21.6. The number of anilines is 1. The van der Waals surface area contributed by atoms with E-state index in [4.69, 9.17) is 9.51 Å². The summed E-state index contributed by atoms with van der Waals surface area (Å²) in [6, 6.07) is 17.5. The molecule has 0 saturated carbocycles. The Hall–Kier alpha value is -2.71. The van der Waals surface area contributed by atoms with Gasteiger partial charge in [-0.2, -0.15) is 0 Å². The summed E-state index contributed by atoms with van der Waals surface area (Å²) >= 11 is 5.19. The SMILES string of the molecule is O=C(c1cc(-c2ccccc2)on1)N1CCN(c2nc3ccc(Br)cc3s2)CC1. The number of fused-ring (bicyclic) bond motifs is 1. The lowest BCUT2D eigenvalue weighted by Crippen LogP contribution is -2.48. The molecule has 0 unspecified atom stereocenters. The zero-order valence-corrected chi connectivity index (χ0v) is 17.8. The highest BCUT2D eigenvalue weighted by Gasteiger charge is 2.26. The minimum Gasteiger partial charge on any atom is -0.355 e. The number of carbonyl (C=O) groups excluding carboxylic acids is 1. The molecule has 3 heterocycles. The number of benzene rings is 2. The average Bonchev–Trinajstić information content (AvgIpc) is 3.41. The fraction of sp³-hybridized carbons (Fsp3) is 0.190. The van der Waals surface area contributed by atoms with Gasteiger partial charge in [0.2, 0.25) is 0 Å². The number of carbonyl (C=O) groups is 1. The summed E-state index contributed by atoms with van der Waals surface area (Å²) < 4.78 is 7.59. The van der Waals surface area contributed by atoms with Crippen LogP contribution in [-0.4, -0.2) is 47.1 Å². The maximum atomic E-state index is 12.8. The van der Waals surface area contributed by atoms with Gasteiger partial charge >= 0.3 is 0 Å². The second kappa shape index (κ2) is 7.61. The van der Waals surface area contributed by atoms with Crippen molar-refractivity contribution >= 4 is 48.5 Å². The van der Waals surface area contributed by atoms with E-state index in [-0.39, 0.29) is 5.91 Å². The number of rotatable bonds is 3. The van der Waals surface area contributed by atoms with E-state index < -0.39 is 0 Å². The smallest absolute Gasteiger partial charge is 0.276 e. The molecule has 0 N–H and O–H groups in total. The van der Waals surface area contributed by atoms with Gasteiger partial charge in [0, 0.05) is 42.3 Å². The lowest BCUT2D eigenvalue weighted by atomic mass is 10.1. The average molecular weight is 469 g/mol. The maximum Gasteiger partial charge on any atom is 0.276 e. The quantitative estimate of drug-likeness (QED) is 0.436. The third-order valence-electron chi connectivity index (χ3n) is 4.96. The van der Waals surface area contributed by atoms with Gasteiger partial charge in [-0.15, -0.1) is 0 Å². The highest BCUT2D eigenvalue weighted by atomic mass is 79.9. The lowest BCUT2D eigenvalue weighted by molar-refractivity contribution is 0.0736. The number of hydrogen-bond donors (Lipinski definition) is 0. The Morgan fingerprint density at radius 3 is 2.62 bits per heavy atom. The summed E-state index contributed by atoms with van der Waals surface area (Å²) in [5.74, 6) is 0.511. The summed E-state index contributed by atoms with van der Waals surface area (Å²) in [5.41, 5.74) is 2.26. The Balaban J connectivity index is 1.26. The van der Waals surface area contributed by atoms with Gasteiger partial charge in [0.15, 0.2) is 16.6 Å². The third kappa shape index (κ3) is 3.65. The number of hydrogen-bond acceptors (Lipinski definition) is 6. The van der Waals surface area contributed by atoms with E-state index in [0.717, 1.165) is 38.5 Å². The molecular formula is C21H17BrN4O2S. The van der Waals surface area contributed by atoms with Crippen LogP contribution in [-0.2, 0) is 0 Å².